The van der Waals surface area contributed by atoms with Crippen molar-refractivity contribution in [2.24, 2.45) is 5.92 Å². The van der Waals surface area contributed by atoms with Gasteiger partial charge >= 0.3 is 0 Å². The van der Waals surface area contributed by atoms with Crippen molar-refractivity contribution >= 4 is 15.7 Å². The molecule has 1 aromatic heterocycles. The largest absolute Gasteiger partial charge is 0.477 e. The molecule has 1 N–H and O–H groups in total. The average molecular weight is 365 g/mol. The third-order valence-corrected chi connectivity index (χ3v) is 4.74. The number of ether oxygens (including phenoxy) is 1. The lowest BCUT2D eigenvalue weighted by atomic mass is 10.2. The normalized spacial score (nSPS) is 19.0. The molecule has 0 radical (unpaired) electrons. The Morgan fingerprint density at radius 1 is 1.40 bits per heavy atom. The fourth-order valence-electron chi connectivity index (χ4n) is 2.26. The monoisotopic (exact) mass is 365 g/mol. The van der Waals surface area contributed by atoms with Crippen LogP contribution in [0.1, 0.15) is 54.7 Å². The number of amides is 1. The molecule has 2 fully saturated rings. The summed E-state index contributed by atoms with van der Waals surface area (Å²) < 4.78 is 28.1. The second-order valence-corrected chi connectivity index (χ2v) is 8.83. The molecular formula is C17H23N3O4S. The molecule has 8 heteroatoms. The summed E-state index contributed by atoms with van der Waals surface area (Å²) >= 11 is 0. The summed E-state index contributed by atoms with van der Waals surface area (Å²) in [7, 11) is -3.23. The van der Waals surface area contributed by atoms with Crippen LogP contribution in [0.4, 0.5) is 0 Å². The third-order valence-electron chi connectivity index (χ3n) is 4.09. The first-order valence-corrected chi connectivity index (χ1v) is 10.5. The van der Waals surface area contributed by atoms with Gasteiger partial charge in [0.1, 0.15) is 11.4 Å². The Bertz CT molecular complexity index is 783. The molecule has 1 unspecified atom stereocenters. The van der Waals surface area contributed by atoms with Gasteiger partial charge in [-0.1, -0.05) is 6.08 Å². The maximum Gasteiger partial charge on any atom is 0.258 e. The van der Waals surface area contributed by atoms with E-state index in [-0.39, 0.29) is 11.5 Å². The van der Waals surface area contributed by atoms with Crippen LogP contribution < -0.4 is 10.1 Å². The minimum atomic E-state index is -3.23. The molecule has 2 saturated carbocycles. The Balaban J connectivity index is 1.72. The molecule has 2 aliphatic rings. The van der Waals surface area contributed by atoms with E-state index in [0.29, 0.717) is 24.3 Å². The Kier molecular flexibility index (Phi) is 5.08. The first-order chi connectivity index (χ1) is 11.8. The zero-order valence-electron chi connectivity index (χ0n) is 14.4. The summed E-state index contributed by atoms with van der Waals surface area (Å²) in [6, 6.07) is -0.443. The molecule has 1 heterocycles. The lowest BCUT2D eigenvalue weighted by molar-refractivity contribution is 0.0941. The number of carbonyl (C=O) groups is 1. The third kappa shape index (κ3) is 5.52. The predicted molar refractivity (Wildman–Crippen MR) is 93.1 cm³/mol. The molecule has 1 aromatic rings. The number of rotatable bonds is 8. The fraction of sp³-hybridized carbons (Fsp3) is 0.588. The van der Waals surface area contributed by atoms with E-state index in [1.807, 2.05) is 0 Å². The van der Waals surface area contributed by atoms with E-state index in [9.17, 15) is 13.2 Å². The number of sulfone groups is 1. The molecular weight excluding hydrogens is 342 g/mol. The molecule has 1 atom stereocenters. The van der Waals surface area contributed by atoms with Gasteiger partial charge in [-0.25, -0.2) is 13.4 Å². The number of hydrogen-bond acceptors (Lipinski definition) is 6. The molecule has 0 aliphatic heterocycles. The van der Waals surface area contributed by atoms with Crippen LogP contribution in [0.5, 0.6) is 5.88 Å². The first-order valence-electron chi connectivity index (χ1n) is 8.50. The quantitative estimate of drug-likeness (QED) is 0.754. The van der Waals surface area contributed by atoms with Crippen LogP contribution in [0, 0.1) is 5.92 Å². The summed E-state index contributed by atoms with van der Waals surface area (Å²) in [4.78, 5) is 21.2. The predicted octanol–water partition coefficient (Wildman–Crippen LogP) is 1.82. The van der Waals surface area contributed by atoms with E-state index in [4.69, 9.17) is 4.74 Å². The van der Waals surface area contributed by atoms with Gasteiger partial charge in [0.05, 0.1) is 6.61 Å². The molecule has 7 nitrogen and oxygen atoms in total. The van der Waals surface area contributed by atoms with Crippen LogP contribution in [0.2, 0.25) is 0 Å². The van der Waals surface area contributed by atoms with E-state index in [1.54, 1.807) is 6.92 Å². The standard InChI is InChI=1S/C17H23N3O4S/c1-11(7-8-25(2,22)23)19-16(21)14-9-18-15(13-5-6-13)20-17(14)24-10-12-3-4-12/h7-9,11-13H,3-6,10H2,1-2H3,(H,19,21). The van der Waals surface area contributed by atoms with Gasteiger partial charge in [-0.3, -0.25) is 4.79 Å². The second kappa shape index (κ2) is 7.11. The molecule has 3 rings (SSSR count). The molecule has 2 aliphatic carbocycles. The van der Waals surface area contributed by atoms with E-state index in [1.165, 1.54) is 12.3 Å². The Morgan fingerprint density at radius 3 is 2.72 bits per heavy atom. The summed E-state index contributed by atoms with van der Waals surface area (Å²) in [5, 5.41) is 3.81. The van der Waals surface area contributed by atoms with Crippen molar-refractivity contribution < 1.29 is 17.9 Å². The number of nitrogens with one attached hydrogen (secondary N) is 1. The molecule has 0 saturated heterocycles. The maximum atomic E-state index is 12.5. The van der Waals surface area contributed by atoms with E-state index < -0.39 is 15.9 Å². The molecule has 25 heavy (non-hydrogen) atoms. The van der Waals surface area contributed by atoms with Gasteiger partial charge in [-0.15, -0.1) is 0 Å². The van der Waals surface area contributed by atoms with Gasteiger partial charge < -0.3 is 10.1 Å². The lowest BCUT2D eigenvalue weighted by Crippen LogP contribution is -2.32. The highest BCUT2D eigenvalue weighted by Crippen LogP contribution is 2.39. The second-order valence-electron chi connectivity index (χ2n) is 6.90. The van der Waals surface area contributed by atoms with Crippen LogP contribution in [0.15, 0.2) is 17.7 Å². The number of aromatic nitrogens is 2. The van der Waals surface area contributed by atoms with Crippen molar-refractivity contribution in [1.82, 2.24) is 15.3 Å². The number of hydrogen-bond donors (Lipinski definition) is 1. The maximum absolute atomic E-state index is 12.5. The Hall–Kier alpha value is -1.96. The van der Waals surface area contributed by atoms with Crippen molar-refractivity contribution in [3.63, 3.8) is 0 Å². The van der Waals surface area contributed by atoms with Gasteiger partial charge in [-0.2, -0.15) is 4.98 Å². The molecule has 1 amide bonds. The highest BCUT2D eigenvalue weighted by Gasteiger charge is 2.29. The highest BCUT2D eigenvalue weighted by molar-refractivity contribution is 7.93. The minimum Gasteiger partial charge on any atom is -0.477 e. The summed E-state index contributed by atoms with van der Waals surface area (Å²) in [5.74, 6) is 1.59. The molecule has 0 spiro atoms. The van der Waals surface area contributed by atoms with Gasteiger partial charge in [0, 0.05) is 29.8 Å². The van der Waals surface area contributed by atoms with Gasteiger partial charge in [-0.05, 0) is 38.5 Å². The van der Waals surface area contributed by atoms with E-state index >= 15 is 0 Å². The number of nitrogens with zero attached hydrogens (tertiary/aromatic N) is 2. The Morgan fingerprint density at radius 2 is 2.12 bits per heavy atom. The van der Waals surface area contributed by atoms with Crippen molar-refractivity contribution in [3.8, 4) is 5.88 Å². The van der Waals surface area contributed by atoms with Gasteiger partial charge in [0.2, 0.25) is 5.88 Å². The van der Waals surface area contributed by atoms with Crippen molar-refractivity contribution in [2.75, 3.05) is 12.9 Å². The summed E-state index contributed by atoms with van der Waals surface area (Å²) in [6.07, 6.45) is 8.47. The van der Waals surface area contributed by atoms with E-state index in [0.717, 1.165) is 43.2 Å². The van der Waals surface area contributed by atoms with Crippen molar-refractivity contribution in [3.05, 3.63) is 29.1 Å². The fourth-order valence-corrected chi connectivity index (χ4v) is 2.78. The van der Waals surface area contributed by atoms with Crippen LogP contribution in [-0.2, 0) is 9.84 Å². The summed E-state index contributed by atoms with van der Waals surface area (Å²) in [6.45, 7) is 2.26. The SMILES string of the molecule is CC(C=CS(C)(=O)=O)NC(=O)c1cnc(C2CC2)nc1OCC1CC1. The smallest absolute Gasteiger partial charge is 0.258 e. The lowest BCUT2D eigenvalue weighted by Gasteiger charge is -2.13. The molecule has 0 aromatic carbocycles. The minimum absolute atomic E-state index is 0.282. The first kappa shape index (κ1) is 17.8. The van der Waals surface area contributed by atoms with Crippen LogP contribution in [-0.4, -0.2) is 43.2 Å². The van der Waals surface area contributed by atoms with E-state index in [2.05, 4.69) is 15.3 Å². The van der Waals surface area contributed by atoms with Crippen LogP contribution in [0.25, 0.3) is 0 Å². The highest BCUT2D eigenvalue weighted by atomic mass is 32.2. The van der Waals surface area contributed by atoms with Crippen LogP contribution >= 0.6 is 0 Å². The summed E-state index contributed by atoms with van der Waals surface area (Å²) in [5.41, 5.74) is 0.282. The molecule has 136 valence electrons. The zero-order valence-corrected chi connectivity index (χ0v) is 15.3. The van der Waals surface area contributed by atoms with Crippen LogP contribution in [0.3, 0.4) is 0 Å². The van der Waals surface area contributed by atoms with Crippen molar-refractivity contribution in [2.45, 2.75) is 44.6 Å². The van der Waals surface area contributed by atoms with Gasteiger partial charge in [0.25, 0.3) is 5.91 Å². The Labute approximate surface area is 147 Å². The number of carbonyl (C=O) groups excluding carboxylic acids is 1. The molecule has 0 bridgehead atoms. The van der Waals surface area contributed by atoms with Crippen molar-refractivity contribution in [1.29, 1.82) is 0 Å². The van der Waals surface area contributed by atoms with Gasteiger partial charge in [0.15, 0.2) is 9.84 Å². The zero-order chi connectivity index (χ0) is 18.0. The topological polar surface area (TPSA) is 98.2 Å². The average Bonchev–Trinajstić information content (AvgIpc) is 3.43.